The van der Waals surface area contributed by atoms with Gasteiger partial charge in [-0.15, -0.1) is 12.1 Å². The number of benzene rings is 4. The molecule has 4 aromatic carbocycles. The van der Waals surface area contributed by atoms with Gasteiger partial charge in [0, 0.05) is 155 Å². The van der Waals surface area contributed by atoms with Crippen molar-refractivity contribution in [1.82, 2.24) is 19.6 Å². The Morgan fingerprint density at radius 2 is 0.907 bits per heavy atom. The number of aryl methyl sites for hydroxylation is 2. The topological polar surface area (TPSA) is 62.7 Å². The molecule has 2 fully saturated rings. The van der Waals surface area contributed by atoms with Gasteiger partial charge in [0.2, 0.25) is 0 Å². The van der Waals surface area contributed by atoms with Crippen LogP contribution in [0.2, 0.25) is 0 Å². The smallest absolute Gasteiger partial charge is 0.122 e. The number of ether oxygens (including phenoxy) is 1. The van der Waals surface area contributed by atoms with Gasteiger partial charge < -0.3 is 68.3 Å². The third kappa shape index (κ3) is 39.5. The predicted octanol–water partition coefficient (Wildman–Crippen LogP) is 13.9. The van der Waals surface area contributed by atoms with E-state index >= 15 is 0 Å². The van der Waals surface area contributed by atoms with Gasteiger partial charge in [-0.05, 0) is 91.2 Å². The molecule has 13 heteroatoms. The molecule has 0 aromatic heterocycles. The minimum Gasteiger partial charge on any atom is -0.508 e. The maximum Gasteiger partial charge on any atom is 0.122 e. The van der Waals surface area contributed by atoms with Crippen molar-refractivity contribution in [3.8, 4) is 11.5 Å². The second kappa shape index (κ2) is 63.6. The zero-order valence-corrected chi connectivity index (χ0v) is 62.9. The fourth-order valence-electron chi connectivity index (χ4n) is 7.19. The van der Waals surface area contributed by atoms with Crippen molar-refractivity contribution in [3.05, 3.63) is 199 Å². The van der Waals surface area contributed by atoms with E-state index < -0.39 is 0 Å². The minimum absolute atomic E-state index is 0. The molecule has 0 saturated carbocycles. The van der Waals surface area contributed by atoms with E-state index in [4.69, 9.17) is 14.9 Å². The number of hydrogen-bond acceptors (Lipinski definition) is 7. The van der Waals surface area contributed by atoms with Gasteiger partial charge >= 0.3 is 0 Å². The number of likely N-dealkylation sites (tertiary alicyclic amines) is 2. The summed E-state index contributed by atoms with van der Waals surface area (Å²) in [4.78, 5) is 9.00. The van der Waals surface area contributed by atoms with Gasteiger partial charge in [0.15, 0.2) is 0 Å². The van der Waals surface area contributed by atoms with Crippen LogP contribution in [0.3, 0.4) is 0 Å². The van der Waals surface area contributed by atoms with Crippen molar-refractivity contribution in [2.75, 3.05) is 67.6 Å². The molecular formula is C62H102N4O3V3WY2-8. The molecule has 0 spiro atoms. The number of hydrogen-bond donors (Lipinski definition) is 2. The number of para-hydroxylation sites is 2. The summed E-state index contributed by atoms with van der Waals surface area (Å²) in [5, 5.41) is 17.6. The molecule has 0 aliphatic carbocycles. The number of likely N-dealkylation sites (N-methyl/N-ethyl adjacent to an activating group) is 4. The Balaban J connectivity index is -0.0000000720. The van der Waals surface area contributed by atoms with Crippen LogP contribution >= 0.6 is 0 Å². The van der Waals surface area contributed by atoms with Gasteiger partial charge in [-0.25, -0.2) is 0 Å². The second-order valence-corrected chi connectivity index (χ2v) is 15.4. The summed E-state index contributed by atoms with van der Waals surface area (Å²) in [6, 6.07) is 40.0. The standard InChI is InChI=1S/C13H17NO.2C12H15N.C7H8O.C6H11NO.4C2H6.4CH3.3V.W.2Y/c1-11-6-3-4-8-13(11)15-10-12-7-5-9-14(12)2;2*1-10-12(8-9-13(10)2)11-6-4-3-5-7-11;1-6-4-2-3-5-7(6)8;1-7-4-2-3-6(7)5-8;4*1-2;;;;;;;;;;/h3-8,12H,9-10H2,1-2H3;2*3-6,10,12H,1,8-9H2,2H3;2-5,8H,1H3;2-3,6,8H,4-5H2,1H3;4*1-2H3;4*1H3;;;;;;/q;2*-2;;;;;;;4*-1;;;;;;. The van der Waals surface area contributed by atoms with E-state index in [1.165, 1.54) is 29.5 Å². The fraction of sp³-hybridized carbons (Fsp3) is 0.452. The van der Waals surface area contributed by atoms with Crippen LogP contribution in [0.25, 0.3) is 0 Å². The van der Waals surface area contributed by atoms with Crippen LogP contribution in [-0.2, 0) is 142 Å². The first kappa shape index (κ1) is 101. The number of rotatable bonds is 6. The van der Waals surface area contributed by atoms with E-state index in [9.17, 15) is 0 Å². The Kier molecular flexibility index (Phi) is 85.3. The molecule has 0 amide bonds. The monoisotopic (exact) mass is 1470 g/mol. The molecule has 4 aromatic rings. The Morgan fingerprint density at radius 3 is 1.17 bits per heavy atom. The van der Waals surface area contributed by atoms with Crippen LogP contribution in [0.4, 0.5) is 0 Å². The average Bonchev–Trinajstić information content (AvgIpc) is 4.15. The van der Waals surface area contributed by atoms with Crippen molar-refractivity contribution < 1.29 is 157 Å². The molecular weight excluding hydrogens is 1360 g/mol. The summed E-state index contributed by atoms with van der Waals surface area (Å²) in [5.74, 6) is 2.51. The fourth-order valence-corrected chi connectivity index (χ4v) is 7.19. The van der Waals surface area contributed by atoms with Crippen molar-refractivity contribution in [3.63, 3.8) is 0 Å². The maximum atomic E-state index is 8.92. The van der Waals surface area contributed by atoms with Crippen LogP contribution in [0.1, 0.15) is 102 Å². The molecule has 8 rings (SSSR count). The van der Waals surface area contributed by atoms with E-state index in [1.807, 2.05) is 136 Å². The normalized spacial score (nSPS) is 18.8. The summed E-state index contributed by atoms with van der Waals surface area (Å²) in [6.45, 7) is 33.6. The van der Waals surface area contributed by atoms with Gasteiger partial charge in [-0.3, -0.25) is 9.80 Å². The minimum atomic E-state index is 0. The molecule has 6 unspecified atom stereocenters. The zero-order chi connectivity index (χ0) is 49.2. The Labute approximate surface area is 566 Å². The summed E-state index contributed by atoms with van der Waals surface area (Å²) in [5.41, 5.74) is 4.74. The number of phenols is 1. The molecule has 4 heterocycles. The Morgan fingerprint density at radius 1 is 0.547 bits per heavy atom. The SMILES string of the molecule is CC.CC.CC.CC.CN1CC=CC1CO.Cc1ccccc1O.Cc1ccccc1OCC1C=CCN1C.[CH2-]C1C(c2[c-]cccc2)CCN1C.[CH2-]C1C(c2[c-]cccc2)CCN1C.[CH3-].[CH3-].[CH3-].[CH3-].[V].[V].[V].[W].[Y].[Y]. The summed E-state index contributed by atoms with van der Waals surface area (Å²) < 4.78 is 5.80. The van der Waals surface area contributed by atoms with Crippen LogP contribution in [0.5, 0.6) is 11.5 Å². The Bertz CT molecular complexity index is 1730. The molecule has 2 saturated heterocycles. The molecule has 5 radical (unpaired) electrons. The maximum absolute atomic E-state index is 8.92. The number of nitrogens with zero attached hydrogens (tertiary/aromatic N) is 4. The number of aliphatic hydroxyl groups is 1. The summed E-state index contributed by atoms with van der Waals surface area (Å²) >= 11 is 0. The number of phenolic OH excluding ortho intramolecular Hbond substituents is 1. The van der Waals surface area contributed by atoms with Gasteiger partial charge in [0.25, 0.3) is 0 Å². The molecule has 4 aliphatic rings. The molecule has 2 N–H and O–H groups in total. The van der Waals surface area contributed by atoms with Gasteiger partial charge in [0.05, 0.1) is 18.7 Å². The average molecular weight is 1470 g/mol. The largest absolute Gasteiger partial charge is 0.508 e. The van der Waals surface area contributed by atoms with Crippen molar-refractivity contribution in [1.29, 1.82) is 0 Å². The Hall–Kier alpha value is 0.409. The first-order valence-electron chi connectivity index (χ1n) is 24.3. The summed E-state index contributed by atoms with van der Waals surface area (Å²) in [7, 11) is 8.40. The van der Waals surface area contributed by atoms with E-state index in [-0.39, 0.29) is 185 Å². The van der Waals surface area contributed by atoms with Gasteiger partial charge in [-0.1, -0.05) is 128 Å². The van der Waals surface area contributed by atoms with E-state index in [2.05, 4.69) is 122 Å². The van der Waals surface area contributed by atoms with E-state index in [0.29, 0.717) is 35.7 Å². The van der Waals surface area contributed by atoms with Crippen molar-refractivity contribution >= 4 is 0 Å². The number of aliphatic hydroxyl groups excluding tert-OH is 1. The third-order valence-corrected chi connectivity index (χ3v) is 11.4. The van der Waals surface area contributed by atoms with Gasteiger partial charge in [-0.2, -0.15) is 71.8 Å². The van der Waals surface area contributed by atoms with Crippen LogP contribution in [0.15, 0.2) is 121 Å². The third-order valence-electron chi connectivity index (χ3n) is 11.4. The predicted molar refractivity (Wildman–Crippen MR) is 308 cm³/mol. The van der Waals surface area contributed by atoms with Gasteiger partial charge in [0.1, 0.15) is 18.1 Å². The quantitative estimate of drug-likeness (QED) is 0.147. The second-order valence-electron chi connectivity index (χ2n) is 15.4. The van der Waals surface area contributed by atoms with E-state index in [0.717, 1.165) is 44.1 Å². The van der Waals surface area contributed by atoms with Crippen LogP contribution in [0, 0.1) is 69.5 Å². The summed E-state index contributed by atoms with van der Waals surface area (Å²) in [6.07, 6.45) is 10.9. The molecule has 423 valence electrons. The van der Waals surface area contributed by atoms with Crippen LogP contribution in [-0.4, -0.2) is 122 Å². The van der Waals surface area contributed by atoms with Crippen molar-refractivity contribution in [2.24, 2.45) is 0 Å². The molecule has 7 nitrogen and oxygen atoms in total. The van der Waals surface area contributed by atoms with Crippen LogP contribution < -0.4 is 4.74 Å². The molecule has 6 atom stereocenters. The number of aromatic hydroxyl groups is 1. The van der Waals surface area contributed by atoms with Crippen molar-refractivity contribution in [2.45, 2.75) is 118 Å². The first-order valence-corrected chi connectivity index (χ1v) is 24.3. The zero-order valence-electron chi connectivity index (χ0n) is 50.1. The molecule has 4 aliphatic heterocycles. The first-order chi connectivity index (χ1) is 31.5. The molecule has 75 heavy (non-hydrogen) atoms. The molecule has 0 bridgehead atoms. The van der Waals surface area contributed by atoms with E-state index in [1.54, 1.807) is 6.07 Å².